The van der Waals surface area contributed by atoms with Gasteiger partial charge in [-0.2, -0.15) is 0 Å². The monoisotopic (exact) mass is 542 g/mol. The Labute approximate surface area is 230 Å². The molecule has 1 atom stereocenters. The van der Waals surface area contributed by atoms with Gasteiger partial charge in [-0.15, -0.1) is 0 Å². The molecule has 3 aliphatic rings. The summed E-state index contributed by atoms with van der Waals surface area (Å²) in [5, 5.41) is 6.23. The van der Waals surface area contributed by atoms with E-state index in [9.17, 15) is 14.4 Å². The molecule has 0 fully saturated rings. The van der Waals surface area contributed by atoms with Gasteiger partial charge in [0, 0.05) is 29.4 Å². The maximum Gasteiger partial charge on any atom is 0.256 e. The van der Waals surface area contributed by atoms with Crippen molar-refractivity contribution in [3.8, 4) is 0 Å². The van der Waals surface area contributed by atoms with Gasteiger partial charge >= 0.3 is 0 Å². The number of fused-ring (bicyclic) bond motifs is 3. The molecule has 9 nitrogen and oxygen atoms in total. The van der Waals surface area contributed by atoms with Crippen LogP contribution in [0, 0.1) is 0 Å². The van der Waals surface area contributed by atoms with Crippen LogP contribution in [0.1, 0.15) is 49.1 Å². The fraction of sp³-hybridized carbons (Fsp3) is 0.310. The van der Waals surface area contributed by atoms with Gasteiger partial charge in [0.15, 0.2) is 0 Å². The summed E-state index contributed by atoms with van der Waals surface area (Å²) >= 11 is 6.45. The summed E-state index contributed by atoms with van der Waals surface area (Å²) in [5.74, 6) is 0.303. The first-order valence-corrected chi connectivity index (χ1v) is 13.4. The lowest BCUT2D eigenvalue weighted by Crippen LogP contribution is -2.45. The number of hydrogen-bond donors (Lipinski definition) is 2. The third kappa shape index (κ3) is 3.91. The highest BCUT2D eigenvalue weighted by atomic mass is 35.5. The van der Waals surface area contributed by atoms with Crippen molar-refractivity contribution < 1.29 is 14.4 Å². The normalized spacial score (nSPS) is 20.6. The summed E-state index contributed by atoms with van der Waals surface area (Å²) in [4.78, 5) is 54.8. The molecule has 2 aromatic heterocycles. The predicted octanol–water partition coefficient (Wildman–Crippen LogP) is 3.91. The van der Waals surface area contributed by atoms with E-state index in [4.69, 9.17) is 16.6 Å². The highest BCUT2D eigenvalue weighted by molar-refractivity contribution is 6.35. The molecule has 198 valence electrons. The van der Waals surface area contributed by atoms with Crippen LogP contribution in [0.25, 0.3) is 0 Å². The van der Waals surface area contributed by atoms with Gasteiger partial charge in [-0.25, -0.2) is 4.98 Å². The number of hydrogen-bond acceptors (Lipinski definition) is 6. The van der Waals surface area contributed by atoms with E-state index >= 15 is 0 Å². The van der Waals surface area contributed by atoms with Crippen LogP contribution < -0.4 is 10.6 Å². The Hall–Kier alpha value is -4.11. The number of benzene rings is 1. The van der Waals surface area contributed by atoms with Crippen LogP contribution in [-0.4, -0.2) is 50.5 Å². The van der Waals surface area contributed by atoms with Gasteiger partial charge in [-0.05, 0) is 49.1 Å². The molecule has 1 aliphatic carbocycles. The molecule has 3 aromatic rings. The fourth-order valence-corrected chi connectivity index (χ4v) is 6.11. The number of carbonyl (C=O) groups is 3. The van der Waals surface area contributed by atoms with Gasteiger partial charge in [0.2, 0.25) is 11.8 Å². The van der Waals surface area contributed by atoms with Gasteiger partial charge in [-0.1, -0.05) is 43.6 Å². The molecule has 39 heavy (non-hydrogen) atoms. The quantitative estimate of drug-likeness (QED) is 0.490. The lowest BCUT2D eigenvalue weighted by molar-refractivity contribution is -0.134. The summed E-state index contributed by atoms with van der Waals surface area (Å²) in [7, 11) is 0. The molecule has 6 rings (SSSR count). The minimum atomic E-state index is -0.925. The van der Waals surface area contributed by atoms with Crippen LogP contribution in [0.5, 0.6) is 0 Å². The second kappa shape index (κ2) is 9.27. The zero-order valence-electron chi connectivity index (χ0n) is 21.6. The summed E-state index contributed by atoms with van der Waals surface area (Å²) in [6.45, 7) is 3.62. The van der Waals surface area contributed by atoms with E-state index in [1.807, 2.05) is 44.2 Å². The van der Waals surface area contributed by atoms with Crippen molar-refractivity contribution in [2.24, 2.45) is 4.99 Å². The Balaban J connectivity index is 1.23. The number of carbonyl (C=O) groups excluding carboxylic acids is 3. The summed E-state index contributed by atoms with van der Waals surface area (Å²) in [5.41, 5.74) is 2.02. The summed E-state index contributed by atoms with van der Waals surface area (Å²) < 4.78 is 0. The molecule has 2 N–H and O–H groups in total. The first-order valence-electron chi connectivity index (χ1n) is 13.0. The average molecular weight is 543 g/mol. The van der Waals surface area contributed by atoms with Crippen molar-refractivity contribution in [1.29, 1.82) is 0 Å². The van der Waals surface area contributed by atoms with Gasteiger partial charge in [0.05, 0.1) is 22.3 Å². The Morgan fingerprint density at radius 3 is 2.67 bits per heavy atom. The Bertz CT molecular complexity index is 1570. The van der Waals surface area contributed by atoms with Crippen molar-refractivity contribution >= 4 is 46.7 Å². The summed E-state index contributed by atoms with van der Waals surface area (Å²) in [6.07, 6.45) is 5.20. The largest absolute Gasteiger partial charge is 0.323 e. The van der Waals surface area contributed by atoms with Crippen LogP contribution >= 0.6 is 11.6 Å². The van der Waals surface area contributed by atoms with E-state index in [-0.39, 0.29) is 24.3 Å². The number of nitrogens with one attached hydrogen (secondary N) is 2. The third-order valence-electron chi connectivity index (χ3n) is 8.10. The maximum atomic E-state index is 13.5. The number of anilines is 2. The van der Waals surface area contributed by atoms with Crippen LogP contribution in [0.15, 0.2) is 59.9 Å². The number of aliphatic imine (C=N–C) groups is 1. The fourth-order valence-electron chi connectivity index (χ4n) is 5.89. The second-order valence-electron chi connectivity index (χ2n) is 10.2. The minimum absolute atomic E-state index is 0.0888. The van der Waals surface area contributed by atoms with Gasteiger partial charge in [-0.3, -0.25) is 29.3 Å². The highest BCUT2D eigenvalue weighted by Crippen LogP contribution is 2.46. The topological polar surface area (TPSA) is 117 Å². The second-order valence-corrected chi connectivity index (χ2v) is 10.6. The Morgan fingerprint density at radius 2 is 1.90 bits per heavy atom. The number of amides is 3. The molecule has 3 amide bonds. The van der Waals surface area contributed by atoms with Gasteiger partial charge < -0.3 is 10.6 Å². The minimum Gasteiger partial charge on any atom is -0.323 e. The molecule has 0 unspecified atom stereocenters. The van der Waals surface area contributed by atoms with E-state index in [0.29, 0.717) is 53.6 Å². The smallest absolute Gasteiger partial charge is 0.256 e. The molecule has 0 radical (unpaired) electrons. The molecule has 1 aromatic carbocycles. The molecular weight excluding hydrogens is 516 g/mol. The zero-order valence-corrected chi connectivity index (χ0v) is 22.4. The van der Waals surface area contributed by atoms with E-state index in [0.717, 1.165) is 16.8 Å². The zero-order chi connectivity index (χ0) is 27.4. The van der Waals surface area contributed by atoms with Crippen molar-refractivity contribution in [2.45, 2.75) is 50.5 Å². The first-order chi connectivity index (χ1) is 18.8. The Morgan fingerprint density at radius 1 is 1.10 bits per heavy atom. The van der Waals surface area contributed by atoms with Crippen LogP contribution in [0.2, 0.25) is 5.02 Å². The highest BCUT2D eigenvalue weighted by Gasteiger charge is 2.52. The van der Waals surface area contributed by atoms with Gasteiger partial charge in [0.1, 0.15) is 23.7 Å². The average Bonchev–Trinajstić information content (AvgIpc) is 3.54. The third-order valence-corrected chi connectivity index (χ3v) is 8.43. The number of nitrogens with zero attached hydrogens (tertiary/aromatic N) is 4. The van der Waals surface area contributed by atoms with Crippen LogP contribution in [0.4, 0.5) is 11.5 Å². The number of amidine groups is 1. The Kier molecular flexibility index (Phi) is 5.99. The number of pyridine rings is 2. The first kappa shape index (κ1) is 25.2. The lowest BCUT2D eigenvalue weighted by atomic mass is 9.80. The number of halogens is 1. The van der Waals surface area contributed by atoms with E-state index in [1.54, 1.807) is 24.5 Å². The molecule has 1 spiro atoms. The van der Waals surface area contributed by atoms with E-state index in [1.165, 1.54) is 4.90 Å². The van der Waals surface area contributed by atoms with E-state index < -0.39 is 11.0 Å². The molecule has 0 saturated carbocycles. The number of rotatable bonds is 6. The van der Waals surface area contributed by atoms with Crippen LogP contribution in [-0.2, 0) is 32.6 Å². The molecule has 0 saturated heterocycles. The van der Waals surface area contributed by atoms with Crippen molar-refractivity contribution in [3.63, 3.8) is 0 Å². The maximum absolute atomic E-state index is 13.5. The number of aromatic nitrogens is 2. The molecule has 0 bridgehead atoms. The standard InChI is InChI=1S/C29H27ClN6O3/c1-3-29(4-2)27(39)36(25(35-29)19-8-5-6-10-21(19)30)16-23(37)33-18-12-17-13-28(14-22(17)32-15-18)20-9-7-11-31-24(20)34-26(28)38/h5-12,15H,3-4,13-14,16H2,1-2H3,(H,33,37)(H,31,34,38)/t28-/m0/s1. The lowest BCUT2D eigenvalue weighted by Gasteiger charge is -2.24. The molecule has 4 heterocycles. The summed E-state index contributed by atoms with van der Waals surface area (Å²) in [6, 6.07) is 12.8. The van der Waals surface area contributed by atoms with Crippen LogP contribution in [0.3, 0.4) is 0 Å². The molecule has 10 heteroatoms. The molecule has 2 aliphatic heterocycles. The van der Waals surface area contributed by atoms with Gasteiger partial charge in [0.25, 0.3) is 5.91 Å². The van der Waals surface area contributed by atoms with Crippen molar-refractivity contribution in [1.82, 2.24) is 14.9 Å². The van der Waals surface area contributed by atoms with Crippen molar-refractivity contribution in [3.05, 3.63) is 82.3 Å². The SMILES string of the molecule is CCC1(CC)N=C(c2ccccc2Cl)N(CC(=O)Nc2cnc3c(c2)C[C@@]2(C3)C(=O)Nc3ncccc32)C1=O. The molecular formula is C29H27ClN6O3. The van der Waals surface area contributed by atoms with Crippen molar-refractivity contribution in [2.75, 3.05) is 17.2 Å². The van der Waals surface area contributed by atoms with E-state index in [2.05, 4.69) is 20.6 Å². The predicted molar refractivity (Wildman–Crippen MR) is 148 cm³/mol.